The highest BCUT2D eigenvalue weighted by Crippen LogP contribution is 2.14. The number of hydrogen-bond donors (Lipinski definition) is 1. The van der Waals surface area contributed by atoms with Gasteiger partial charge in [-0.2, -0.15) is 0 Å². The molecule has 3 heteroatoms. The van der Waals surface area contributed by atoms with Crippen LogP contribution in [0.3, 0.4) is 0 Å². The molecule has 2 aromatic carbocycles. The Kier molecular flexibility index (Phi) is 4.63. The van der Waals surface area contributed by atoms with Gasteiger partial charge in [0.15, 0.2) is 0 Å². The molecule has 0 bridgehead atoms. The Balaban J connectivity index is 2.02. The zero-order valence-corrected chi connectivity index (χ0v) is 13.1. The van der Waals surface area contributed by atoms with Crippen LogP contribution in [-0.2, 0) is 6.54 Å². The zero-order chi connectivity index (χ0) is 15.4. The van der Waals surface area contributed by atoms with E-state index in [1.807, 2.05) is 58.3 Å². The van der Waals surface area contributed by atoms with Gasteiger partial charge >= 0.3 is 0 Å². The van der Waals surface area contributed by atoms with E-state index in [1.54, 1.807) is 0 Å². The number of nitrogens with zero attached hydrogens (tertiary/aromatic N) is 1. The van der Waals surface area contributed by atoms with Crippen LogP contribution in [-0.4, -0.2) is 20.0 Å². The number of carbonyl (C=O) groups excluding carboxylic acids is 1. The maximum atomic E-state index is 12.2. The van der Waals surface area contributed by atoms with Crippen molar-refractivity contribution in [1.29, 1.82) is 0 Å². The van der Waals surface area contributed by atoms with E-state index in [2.05, 4.69) is 22.3 Å². The molecule has 0 saturated heterocycles. The van der Waals surface area contributed by atoms with E-state index in [9.17, 15) is 4.79 Å². The molecule has 0 aliphatic heterocycles. The normalized spacial score (nSPS) is 10.3. The third kappa shape index (κ3) is 3.63. The summed E-state index contributed by atoms with van der Waals surface area (Å²) >= 11 is 0. The third-order valence-electron chi connectivity index (χ3n) is 3.76. The molecule has 0 radical (unpaired) electrons. The fraction of sp³-hybridized carbons (Fsp3) is 0.278. The minimum Gasteiger partial charge on any atom is -0.378 e. The average Bonchev–Trinajstić information content (AvgIpc) is 2.48. The Morgan fingerprint density at radius 3 is 2.33 bits per heavy atom. The van der Waals surface area contributed by atoms with E-state index in [0.717, 1.165) is 27.9 Å². The Morgan fingerprint density at radius 1 is 1.05 bits per heavy atom. The number of aryl methyl sites for hydroxylation is 1. The second-order valence-electron chi connectivity index (χ2n) is 5.49. The van der Waals surface area contributed by atoms with E-state index in [4.69, 9.17) is 0 Å². The van der Waals surface area contributed by atoms with Crippen molar-refractivity contribution in [2.75, 3.05) is 19.0 Å². The van der Waals surface area contributed by atoms with Gasteiger partial charge in [-0.05, 0) is 48.7 Å². The Morgan fingerprint density at radius 2 is 1.71 bits per heavy atom. The summed E-state index contributed by atoms with van der Waals surface area (Å²) in [5, 5.41) is 2.98. The van der Waals surface area contributed by atoms with Crippen LogP contribution in [0.25, 0.3) is 0 Å². The third-order valence-corrected chi connectivity index (χ3v) is 3.76. The van der Waals surface area contributed by atoms with Crippen LogP contribution in [0.5, 0.6) is 0 Å². The molecule has 110 valence electrons. The Hall–Kier alpha value is -2.29. The van der Waals surface area contributed by atoms with Crippen molar-refractivity contribution in [3.63, 3.8) is 0 Å². The second kappa shape index (κ2) is 6.44. The number of carbonyl (C=O) groups is 1. The number of benzene rings is 2. The Labute approximate surface area is 126 Å². The van der Waals surface area contributed by atoms with Gasteiger partial charge in [-0.15, -0.1) is 0 Å². The zero-order valence-electron chi connectivity index (χ0n) is 13.1. The van der Waals surface area contributed by atoms with Crippen LogP contribution in [0.2, 0.25) is 0 Å². The van der Waals surface area contributed by atoms with Crippen molar-refractivity contribution in [2.45, 2.75) is 20.4 Å². The molecule has 1 amide bonds. The lowest BCUT2D eigenvalue weighted by Crippen LogP contribution is -2.23. The topological polar surface area (TPSA) is 32.3 Å². The highest BCUT2D eigenvalue weighted by atomic mass is 16.1. The maximum Gasteiger partial charge on any atom is 0.251 e. The molecule has 0 aliphatic rings. The first-order valence-corrected chi connectivity index (χ1v) is 7.09. The predicted molar refractivity (Wildman–Crippen MR) is 87.9 cm³/mol. The van der Waals surface area contributed by atoms with Gasteiger partial charge in [0.2, 0.25) is 0 Å². The summed E-state index contributed by atoms with van der Waals surface area (Å²) in [6, 6.07) is 14.0. The molecule has 0 heterocycles. The van der Waals surface area contributed by atoms with Crippen molar-refractivity contribution in [2.24, 2.45) is 0 Å². The molecule has 0 unspecified atom stereocenters. The van der Waals surface area contributed by atoms with Crippen LogP contribution < -0.4 is 10.2 Å². The summed E-state index contributed by atoms with van der Waals surface area (Å²) in [4.78, 5) is 14.3. The number of nitrogens with one attached hydrogen (secondary N) is 1. The van der Waals surface area contributed by atoms with Crippen LogP contribution in [0, 0.1) is 13.8 Å². The van der Waals surface area contributed by atoms with Crippen LogP contribution >= 0.6 is 0 Å². The number of hydrogen-bond acceptors (Lipinski definition) is 2. The van der Waals surface area contributed by atoms with E-state index in [1.165, 1.54) is 0 Å². The minimum atomic E-state index is -0.0205. The van der Waals surface area contributed by atoms with Gasteiger partial charge in [0.05, 0.1) is 0 Å². The molecule has 0 fully saturated rings. The Bertz CT molecular complexity index is 630. The van der Waals surface area contributed by atoms with Gasteiger partial charge in [0.1, 0.15) is 0 Å². The van der Waals surface area contributed by atoms with Crippen molar-refractivity contribution in [3.05, 3.63) is 64.7 Å². The van der Waals surface area contributed by atoms with E-state index in [-0.39, 0.29) is 5.91 Å². The van der Waals surface area contributed by atoms with E-state index in [0.29, 0.717) is 6.54 Å². The predicted octanol–water partition coefficient (Wildman–Crippen LogP) is 3.30. The van der Waals surface area contributed by atoms with Crippen LogP contribution in [0.1, 0.15) is 27.0 Å². The van der Waals surface area contributed by atoms with Crippen molar-refractivity contribution < 1.29 is 4.79 Å². The first kappa shape index (κ1) is 15.1. The smallest absolute Gasteiger partial charge is 0.251 e. The number of anilines is 1. The van der Waals surface area contributed by atoms with Crippen LogP contribution in [0.4, 0.5) is 5.69 Å². The molecular weight excluding hydrogens is 260 g/mol. The van der Waals surface area contributed by atoms with Crippen LogP contribution in [0.15, 0.2) is 42.5 Å². The van der Waals surface area contributed by atoms with E-state index < -0.39 is 0 Å². The van der Waals surface area contributed by atoms with Gasteiger partial charge in [-0.1, -0.05) is 24.3 Å². The summed E-state index contributed by atoms with van der Waals surface area (Å²) in [5.74, 6) is -0.0205. The van der Waals surface area contributed by atoms with Crippen molar-refractivity contribution >= 4 is 11.6 Å². The molecule has 0 aromatic heterocycles. The van der Waals surface area contributed by atoms with Crippen molar-refractivity contribution in [3.8, 4) is 0 Å². The first-order chi connectivity index (χ1) is 9.99. The largest absolute Gasteiger partial charge is 0.378 e. The summed E-state index contributed by atoms with van der Waals surface area (Å²) in [7, 11) is 4.02. The minimum absolute atomic E-state index is 0.0205. The lowest BCUT2D eigenvalue weighted by Gasteiger charge is -2.13. The molecule has 0 saturated carbocycles. The first-order valence-electron chi connectivity index (χ1n) is 7.09. The monoisotopic (exact) mass is 282 g/mol. The standard InChI is InChI=1S/C18H22N2O/c1-13-6-5-7-17(14(13)2)18(21)19-12-15-8-10-16(11-9-15)20(3)4/h5-11H,12H2,1-4H3,(H,19,21). The molecule has 1 N–H and O–H groups in total. The highest BCUT2D eigenvalue weighted by Gasteiger charge is 2.09. The summed E-state index contributed by atoms with van der Waals surface area (Å²) in [6.45, 7) is 4.54. The lowest BCUT2D eigenvalue weighted by atomic mass is 10.0. The molecule has 0 spiro atoms. The highest BCUT2D eigenvalue weighted by molar-refractivity contribution is 5.95. The molecule has 3 nitrogen and oxygen atoms in total. The lowest BCUT2D eigenvalue weighted by molar-refractivity contribution is 0.0950. The second-order valence-corrected chi connectivity index (χ2v) is 5.49. The van der Waals surface area contributed by atoms with Gasteiger partial charge in [-0.3, -0.25) is 4.79 Å². The maximum absolute atomic E-state index is 12.2. The molecular formula is C18H22N2O. The number of rotatable bonds is 4. The van der Waals surface area contributed by atoms with Crippen molar-refractivity contribution in [1.82, 2.24) is 5.32 Å². The fourth-order valence-electron chi connectivity index (χ4n) is 2.19. The summed E-state index contributed by atoms with van der Waals surface area (Å²) < 4.78 is 0. The average molecular weight is 282 g/mol. The van der Waals surface area contributed by atoms with Gasteiger partial charge in [0.25, 0.3) is 5.91 Å². The fourth-order valence-corrected chi connectivity index (χ4v) is 2.19. The van der Waals surface area contributed by atoms with Gasteiger partial charge in [0, 0.05) is 31.9 Å². The molecule has 0 aliphatic carbocycles. The molecule has 0 atom stereocenters. The summed E-state index contributed by atoms with van der Waals surface area (Å²) in [6.07, 6.45) is 0. The SMILES string of the molecule is Cc1cccc(C(=O)NCc2ccc(N(C)C)cc2)c1C. The van der Waals surface area contributed by atoms with E-state index >= 15 is 0 Å². The summed E-state index contributed by atoms with van der Waals surface area (Å²) in [5.41, 5.74) is 5.18. The molecule has 21 heavy (non-hydrogen) atoms. The van der Waals surface area contributed by atoms with Gasteiger partial charge < -0.3 is 10.2 Å². The number of amides is 1. The molecule has 2 aromatic rings. The molecule has 2 rings (SSSR count). The van der Waals surface area contributed by atoms with Gasteiger partial charge in [-0.25, -0.2) is 0 Å². The quantitative estimate of drug-likeness (QED) is 0.933.